The van der Waals surface area contributed by atoms with Crippen molar-refractivity contribution < 1.29 is 0 Å². The van der Waals surface area contributed by atoms with Crippen LogP contribution >= 0.6 is 0 Å². The molecule has 130 valence electrons. The Labute approximate surface area is 159 Å². The normalized spacial score (nSPS) is 11.9. The topological polar surface area (TPSA) is 4.93 Å². The fourth-order valence-electron chi connectivity index (χ4n) is 4.09. The molecule has 0 saturated carbocycles. The molecule has 5 rings (SSSR count). The second-order valence-electron chi connectivity index (χ2n) is 6.94. The van der Waals surface area contributed by atoms with E-state index in [9.17, 15) is 0 Å². The molecule has 0 fully saturated rings. The molecule has 0 saturated heterocycles. The van der Waals surface area contributed by atoms with Gasteiger partial charge >= 0.3 is 0 Å². The first kappa shape index (κ1) is 15.9. The van der Waals surface area contributed by atoms with Crippen LogP contribution in [-0.2, 0) is 6.54 Å². The fourth-order valence-corrected chi connectivity index (χ4v) is 4.09. The number of para-hydroxylation sites is 1. The van der Waals surface area contributed by atoms with E-state index < -0.39 is 0 Å². The molecule has 1 heteroatoms. The van der Waals surface area contributed by atoms with Crippen molar-refractivity contribution >= 4 is 44.7 Å². The first-order valence-corrected chi connectivity index (χ1v) is 9.52. The largest absolute Gasteiger partial charge is 0.341 e. The molecular weight excluding hydrogens is 326 g/mol. The molecule has 1 nitrogen and oxygen atoms in total. The van der Waals surface area contributed by atoms with E-state index in [1.165, 1.54) is 43.7 Å². The lowest BCUT2D eigenvalue weighted by Gasteiger charge is -2.04. The molecule has 0 unspecified atom stereocenters. The summed E-state index contributed by atoms with van der Waals surface area (Å²) in [5, 5.41) is 5.23. The van der Waals surface area contributed by atoms with E-state index in [-0.39, 0.29) is 0 Å². The lowest BCUT2D eigenvalue weighted by Crippen LogP contribution is -1.92. The van der Waals surface area contributed by atoms with Gasteiger partial charge in [-0.15, -0.1) is 0 Å². The van der Waals surface area contributed by atoms with Crippen LogP contribution in [0, 0.1) is 0 Å². The average Bonchev–Trinajstić information content (AvgIpc) is 3.05. The monoisotopic (exact) mass is 347 g/mol. The van der Waals surface area contributed by atoms with E-state index in [2.05, 4.69) is 109 Å². The number of rotatable bonds is 3. The zero-order valence-electron chi connectivity index (χ0n) is 15.4. The summed E-state index contributed by atoms with van der Waals surface area (Å²) < 4.78 is 2.40. The van der Waals surface area contributed by atoms with Crippen LogP contribution in [0.25, 0.3) is 44.7 Å². The lowest BCUT2D eigenvalue weighted by atomic mass is 10.0. The van der Waals surface area contributed by atoms with E-state index in [1.54, 1.807) is 0 Å². The molecule has 4 aromatic carbocycles. The Bertz CT molecular complexity index is 1300. The number of aromatic nitrogens is 1. The molecule has 0 spiro atoms. The Balaban J connectivity index is 1.63. The number of benzene rings is 4. The first-order chi connectivity index (χ1) is 13.3. The standard InChI is InChI=1S/C26H21N/c1-2-27-25-13-6-5-12-23(25)24-17-15-19(18-26(24)27)14-16-21-10-7-9-20-8-3-4-11-22(20)21/h3-18H,2H2,1H3. The summed E-state index contributed by atoms with van der Waals surface area (Å²) in [6.07, 6.45) is 4.45. The lowest BCUT2D eigenvalue weighted by molar-refractivity contribution is 0.827. The van der Waals surface area contributed by atoms with Crippen molar-refractivity contribution in [2.45, 2.75) is 13.5 Å². The van der Waals surface area contributed by atoms with Gasteiger partial charge in [-0.2, -0.15) is 0 Å². The molecule has 0 atom stereocenters. The molecular formula is C26H21N. The molecule has 0 amide bonds. The van der Waals surface area contributed by atoms with Crippen LogP contribution in [0.15, 0.2) is 84.9 Å². The van der Waals surface area contributed by atoms with E-state index >= 15 is 0 Å². The second-order valence-corrected chi connectivity index (χ2v) is 6.94. The molecule has 27 heavy (non-hydrogen) atoms. The summed E-state index contributed by atoms with van der Waals surface area (Å²) in [4.78, 5) is 0. The SMILES string of the molecule is CCn1c2ccccc2c2ccc(C=Cc3cccc4ccccc34)cc21. The minimum Gasteiger partial charge on any atom is -0.341 e. The predicted octanol–water partition coefficient (Wildman–Crippen LogP) is 7.14. The Morgan fingerprint density at radius 1 is 0.667 bits per heavy atom. The van der Waals surface area contributed by atoms with Gasteiger partial charge in [-0.1, -0.05) is 84.9 Å². The number of hydrogen-bond acceptors (Lipinski definition) is 0. The van der Waals surface area contributed by atoms with Crippen LogP contribution in [0.4, 0.5) is 0 Å². The number of aryl methyl sites for hydroxylation is 1. The van der Waals surface area contributed by atoms with Gasteiger partial charge in [0.05, 0.1) is 0 Å². The fraction of sp³-hybridized carbons (Fsp3) is 0.0769. The van der Waals surface area contributed by atoms with Gasteiger partial charge < -0.3 is 4.57 Å². The summed E-state index contributed by atoms with van der Waals surface area (Å²) in [5.74, 6) is 0. The van der Waals surface area contributed by atoms with E-state index in [4.69, 9.17) is 0 Å². The second kappa shape index (κ2) is 6.44. The maximum atomic E-state index is 2.40. The Morgan fingerprint density at radius 2 is 1.41 bits per heavy atom. The van der Waals surface area contributed by atoms with Crippen molar-refractivity contribution in [3.05, 3.63) is 96.1 Å². The summed E-state index contributed by atoms with van der Waals surface area (Å²) in [5.41, 5.74) is 5.10. The molecule has 0 radical (unpaired) electrons. The third-order valence-corrected chi connectivity index (χ3v) is 5.39. The van der Waals surface area contributed by atoms with E-state index in [0.29, 0.717) is 0 Å². The van der Waals surface area contributed by atoms with Crippen molar-refractivity contribution in [1.82, 2.24) is 4.57 Å². The van der Waals surface area contributed by atoms with Crippen molar-refractivity contribution in [2.75, 3.05) is 0 Å². The Kier molecular flexibility index (Phi) is 3.79. The van der Waals surface area contributed by atoms with Crippen molar-refractivity contribution in [2.24, 2.45) is 0 Å². The maximum absolute atomic E-state index is 2.40. The molecule has 0 aliphatic heterocycles. The molecule has 0 bridgehead atoms. The summed E-state index contributed by atoms with van der Waals surface area (Å²) in [6, 6.07) is 30.5. The van der Waals surface area contributed by atoms with Gasteiger partial charge in [0.2, 0.25) is 0 Å². The highest BCUT2D eigenvalue weighted by Crippen LogP contribution is 2.30. The summed E-state index contributed by atoms with van der Waals surface area (Å²) in [7, 11) is 0. The average molecular weight is 347 g/mol. The van der Waals surface area contributed by atoms with Crippen LogP contribution in [-0.4, -0.2) is 4.57 Å². The molecule has 0 aliphatic carbocycles. The van der Waals surface area contributed by atoms with Crippen molar-refractivity contribution in [1.29, 1.82) is 0 Å². The summed E-state index contributed by atoms with van der Waals surface area (Å²) in [6.45, 7) is 3.19. The number of nitrogens with zero attached hydrogens (tertiary/aromatic N) is 1. The third-order valence-electron chi connectivity index (χ3n) is 5.39. The van der Waals surface area contributed by atoms with Crippen LogP contribution in [0.1, 0.15) is 18.1 Å². The Morgan fingerprint density at radius 3 is 2.30 bits per heavy atom. The minimum atomic E-state index is 0.973. The first-order valence-electron chi connectivity index (χ1n) is 9.52. The molecule has 0 N–H and O–H groups in total. The van der Waals surface area contributed by atoms with Gasteiger partial charge in [-0.3, -0.25) is 0 Å². The highest BCUT2D eigenvalue weighted by molar-refractivity contribution is 6.08. The van der Waals surface area contributed by atoms with Crippen molar-refractivity contribution in [3.8, 4) is 0 Å². The van der Waals surface area contributed by atoms with E-state index in [1.807, 2.05) is 0 Å². The summed E-state index contributed by atoms with van der Waals surface area (Å²) >= 11 is 0. The zero-order chi connectivity index (χ0) is 18.2. The quantitative estimate of drug-likeness (QED) is 0.306. The van der Waals surface area contributed by atoms with Crippen LogP contribution < -0.4 is 0 Å². The molecule has 1 heterocycles. The maximum Gasteiger partial charge on any atom is 0.0497 e. The third kappa shape index (κ3) is 2.63. The molecule has 5 aromatic rings. The van der Waals surface area contributed by atoms with Gasteiger partial charge in [-0.25, -0.2) is 0 Å². The predicted molar refractivity (Wildman–Crippen MR) is 118 cm³/mol. The molecule has 1 aromatic heterocycles. The highest BCUT2D eigenvalue weighted by atomic mass is 15.0. The van der Waals surface area contributed by atoms with Gasteiger partial charge in [0.1, 0.15) is 0 Å². The van der Waals surface area contributed by atoms with Gasteiger partial charge in [0.15, 0.2) is 0 Å². The van der Waals surface area contributed by atoms with Crippen LogP contribution in [0.2, 0.25) is 0 Å². The number of fused-ring (bicyclic) bond motifs is 4. The van der Waals surface area contributed by atoms with Gasteiger partial charge in [-0.05, 0) is 41.0 Å². The zero-order valence-corrected chi connectivity index (χ0v) is 15.4. The number of hydrogen-bond donors (Lipinski definition) is 0. The van der Waals surface area contributed by atoms with Crippen molar-refractivity contribution in [3.63, 3.8) is 0 Å². The van der Waals surface area contributed by atoms with Crippen LogP contribution in [0.5, 0.6) is 0 Å². The van der Waals surface area contributed by atoms with E-state index in [0.717, 1.165) is 6.54 Å². The van der Waals surface area contributed by atoms with Crippen LogP contribution in [0.3, 0.4) is 0 Å². The van der Waals surface area contributed by atoms with Gasteiger partial charge in [0.25, 0.3) is 0 Å². The minimum absolute atomic E-state index is 0.973. The smallest absolute Gasteiger partial charge is 0.0497 e. The highest BCUT2D eigenvalue weighted by Gasteiger charge is 2.08. The molecule has 0 aliphatic rings. The van der Waals surface area contributed by atoms with Gasteiger partial charge in [0, 0.05) is 28.4 Å². The Hall–Kier alpha value is -3.32.